The Morgan fingerprint density at radius 3 is 2.41 bits per heavy atom. The maximum Gasteiger partial charge on any atom is 0.231 e. The van der Waals surface area contributed by atoms with Crippen LogP contribution in [0, 0.1) is 0 Å². The largest absolute Gasteiger partial charge is 0.508 e. The van der Waals surface area contributed by atoms with Crippen molar-refractivity contribution in [3.63, 3.8) is 0 Å². The molecule has 1 atom stereocenters. The van der Waals surface area contributed by atoms with E-state index >= 15 is 0 Å². The van der Waals surface area contributed by atoms with Crippen molar-refractivity contribution in [2.45, 2.75) is 6.10 Å². The van der Waals surface area contributed by atoms with E-state index in [0.717, 1.165) is 48.1 Å². The number of hydrogen-bond acceptors (Lipinski definition) is 6. The minimum absolute atomic E-state index is 0.208. The van der Waals surface area contributed by atoms with Crippen molar-refractivity contribution in [3.05, 3.63) is 60.7 Å². The Morgan fingerprint density at radius 1 is 0.938 bits per heavy atom. The second-order valence-corrected chi connectivity index (χ2v) is 8.28. The summed E-state index contributed by atoms with van der Waals surface area (Å²) in [6.45, 7) is 4.13. The number of fused-ring (bicyclic) bond motifs is 1. The molecule has 0 bridgehead atoms. The highest BCUT2D eigenvalue weighted by atomic mass is 16.5. The molecule has 1 aliphatic rings. The Bertz CT molecular complexity index is 1080. The van der Waals surface area contributed by atoms with E-state index in [9.17, 15) is 15.0 Å². The summed E-state index contributed by atoms with van der Waals surface area (Å²) >= 11 is 0. The Kier molecular flexibility index (Phi) is 6.90. The van der Waals surface area contributed by atoms with Crippen LogP contribution >= 0.6 is 0 Å². The number of aromatic hydroxyl groups is 1. The molecule has 1 unspecified atom stereocenters. The minimum atomic E-state index is -0.605. The second kappa shape index (κ2) is 9.99. The fourth-order valence-corrected chi connectivity index (χ4v) is 4.07. The van der Waals surface area contributed by atoms with Crippen LogP contribution in [0.25, 0.3) is 21.9 Å². The number of primary amides is 1. The van der Waals surface area contributed by atoms with Crippen molar-refractivity contribution >= 4 is 16.7 Å². The van der Waals surface area contributed by atoms with Crippen LogP contribution in [-0.2, 0) is 4.79 Å². The monoisotopic (exact) mass is 435 g/mol. The highest BCUT2D eigenvalue weighted by Gasteiger charge is 2.20. The first-order valence-corrected chi connectivity index (χ1v) is 10.8. The number of carbonyl (C=O) groups excluding carboxylic acids is 1. The van der Waals surface area contributed by atoms with Crippen LogP contribution < -0.4 is 10.5 Å². The first-order valence-electron chi connectivity index (χ1n) is 10.8. The van der Waals surface area contributed by atoms with Gasteiger partial charge in [-0.1, -0.05) is 30.3 Å². The highest BCUT2D eigenvalue weighted by molar-refractivity contribution is 5.88. The summed E-state index contributed by atoms with van der Waals surface area (Å²) in [6.07, 6.45) is -0.605. The third-order valence-electron chi connectivity index (χ3n) is 5.75. The van der Waals surface area contributed by atoms with Crippen molar-refractivity contribution in [1.29, 1.82) is 0 Å². The lowest BCUT2D eigenvalue weighted by molar-refractivity contribution is -0.119. The topological polar surface area (TPSA) is 99.3 Å². The molecule has 1 amide bonds. The van der Waals surface area contributed by atoms with Gasteiger partial charge in [0.15, 0.2) is 0 Å². The zero-order chi connectivity index (χ0) is 22.5. The van der Waals surface area contributed by atoms with Gasteiger partial charge in [0.1, 0.15) is 24.2 Å². The van der Waals surface area contributed by atoms with E-state index in [4.69, 9.17) is 10.5 Å². The number of piperazine rings is 1. The average Bonchev–Trinajstić information content (AvgIpc) is 2.78. The Hall–Kier alpha value is -3.13. The van der Waals surface area contributed by atoms with Crippen LogP contribution in [0.3, 0.4) is 0 Å². The fraction of sp³-hybridized carbons (Fsp3) is 0.320. The predicted molar refractivity (Wildman–Crippen MR) is 125 cm³/mol. The van der Waals surface area contributed by atoms with Crippen LogP contribution in [0.5, 0.6) is 11.5 Å². The van der Waals surface area contributed by atoms with Gasteiger partial charge in [0.05, 0.1) is 6.54 Å². The van der Waals surface area contributed by atoms with Crippen molar-refractivity contribution < 1.29 is 19.7 Å². The SMILES string of the molecule is NC(=O)CN1CCN(CC(O)COc2ccc3ccc(-c4cccc(O)c4)cc3c2)CC1. The van der Waals surface area contributed by atoms with Crippen LogP contribution in [-0.4, -0.2) is 77.9 Å². The predicted octanol–water partition coefficient (Wildman–Crippen LogP) is 2.06. The van der Waals surface area contributed by atoms with Gasteiger partial charge in [-0.25, -0.2) is 0 Å². The van der Waals surface area contributed by atoms with E-state index in [1.54, 1.807) is 12.1 Å². The third kappa shape index (κ3) is 5.76. The molecule has 1 saturated heterocycles. The molecule has 168 valence electrons. The van der Waals surface area contributed by atoms with E-state index in [0.29, 0.717) is 12.3 Å². The summed E-state index contributed by atoms with van der Waals surface area (Å²) in [4.78, 5) is 15.2. The fourth-order valence-electron chi connectivity index (χ4n) is 4.07. The molecule has 3 aromatic rings. The quantitative estimate of drug-likeness (QED) is 0.501. The molecule has 1 heterocycles. The molecule has 0 aliphatic carbocycles. The van der Waals surface area contributed by atoms with Crippen molar-refractivity contribution in [2.24, 2.45) is 5.73 Å². The smallest absolute Gasteiger partial charge is 0.231 e. The van der Waals surface area contributed by atoms with Crippen LogP contribution in [0.1, 0.15) is 0 Å². The summed E-state index contributed by atoms with van der Waals surface area (Å²) in [6, 6.07) is 19.2. The Labute approximate surface area is 187 Å². The van der Waals surface area contributed by atoms with Gasteiger partial charge in [-0.05, 0) is 52.2 Å². The number of aliphatic hydroxyl groups is 1. The number of nitrogens with zero attached hydrogens (tertiary/aromatic N) is 2. The zero-order valence-electron chi connectivity index (χ0n) is 18.0. The van der Waals surface area contributed by atoms with E-state index in [2.05, 4.69) is 11.0 Å². The molecule has 1 fully saturated rings. The van der Waals surface area contributed by atoms with Gasteiger partial charge < -0.3 is 20.7 Å². The van der Waals surface area contributed by atoms with Crippen molar-refractivity contribution in [3.8, 4) is 22.6 Å². The standard InChI is InChI=1S/C25H29N3O4/c26-25(31)16-28-10-8-27(9-11-28)15-23(30)17-32-24-7-6-18-4-5-20(12-21(18)14-24)19-2-1-3-22(29)13-19/h1-7,12-14,23,29-30H,8-11,15-17H2,(H2,26,31). The number of β-amino-alcohol motifs (C(OH)–C–C–N with tert-alkyl or cyclic N) is 1. The van der Waals surface area contributed by atoms with Crippen molar-refractivity contribution in [2.75, 3.05) is 45.9 Å². The first-order chi connectivity index (χ1) is 15.5. The van der Waals surface area contributed by atoms with Gasteiger partial charge in [0.25, 0.3) is 0 Å². The van der Waals surface area contributed by atoms with E-state index < -0.39 is 6.10 Å². The molecule has 0 aromatic heterocycles. The van der Waals surface area contributed by atoms with Crippen LogP contribution in [0.15, 0.2) is 60.7 Å². The molecule has 7 heteroatoms. The number of rotatable bonds is 8. The molecule has 4 rings (SSSR count). The second-order valence-electron chi connectivity index (χ2n) is 8.28. The van der Waals surface area contributed by atoms with Crippen LogP contribution in [0.2, 0.25) is 0 Å². The van der Waals surface area contributed by atoms with Gasteiger partial charge in [-0.2, -0.15) is 0 Å². The molecule has 32 heavy (non-hydrogen) atoms. The number of phenols is 1. The normalized spacial score (nSPS) is 16.2. The number of benzene rings is 3. The van der Waals surface area contributed by atoms with Gasteiger partial charge in [0, 0.05) is 32.7 Å². The van der Waals surface area contributed by atoms with Crippen molar-refractivity contribution in [1.82, 2.24) is 9.80 Å². The number of nitrogens with two attached hydrogens (primary N) is 1. The number of hydrogen-bond donors (Lipinski definition) is 3. The maximum absolute atomic E-state index is 11.0. The molecule has 1 aliphatic heterocycles. The zero-order valence-corrected chi connectivity index (χ0v) is 18.0. The molecule has 0 spiro atoms. The number of ether oxygens (including phenoxy) is 1. The van der Waals surface area contributed by atoms with Gasteiger partial charge in [0.2, 0.25) is 5.91 Å². The molecule has 4 N–H and O–H groups in total. The maximum atomic E-state index is 11.0. The number of phenolic OH excluding ortho intramolecular Hbond substituents is 1. The number of amides is 1. The Morgan fingerprint density at radius 2 is 1.66 bits per heavy atom. The summed E-state index contributed by atoms with van der Waals surface area (Å²) < 4.78 is 5.87. The molecule has 7 nitrogen and oxygen atoms in total. The summed E-state index contributed by atoms with van der Waals surface area (Å²) in [7, 11) is 0. The highest BCUT2D eigenvalue weighted by Crippen LogP contribution is 2.28. The van der Waals surface area contributed by atoms with Gasteiger partial charge in [-0.15, -0.1) is 0 Å². The summed E-state index contributed by atoms with van der Waals surface area (Å²) in [5.41, 5.74) is 7.21. The molecule has 0 radical (unpaired) electrons. The van der Waals surface area contributed by atoms with Crippen LogP contribution in [0.4, 0.5) is 0 Å². The third-order valence-corrected chi connectivity index (χ3v) is 5.75. The van der Waals surface area contributed by atoms with E-state index in [1.165, 1.54) is 0 Å². The Balaban J connectivity index is 1.33. The lowest BCUT2D eigenvalue weighted by Gasteiger charge is -2.34. The lowest BCUT2D eigenvalue weighted by Crippen LogP contribution is -2.50. The van der Waals surface area contributed by atoms with E-state index in [1.807, 2.05) is 47.4 Å². The molecular weight excluding hydrogens is 406 g/mol. The summed E-state index contributed by atoms with van der Waals surface area (Å²) in [5, 5.41) is 22.3. The van der Waals surface area contributed by atoms with Gasteiger partial charge in [-0.3, -0.25) is 14.6 Å². The molecule has 3 aromatic carbocycles. The van der Waals surface area contributed by atoms with E-state index in [-0.39, 0.29) is 24.8 Å². The molecule has 0 saturated carbocycles. The average molecular weight is 436 g/mol. The lowest BCUT2D eigenvalue weighted by atomic mass is 10.0. The van der Waals surface area contributed by atoms with Gasteiger partial charge >= 0.3 is 0 Å². The number of aliphatic hydroxyl groups excluding tert-OH is 1. The first kappa shape index (κ1) is 22.1. The molecular formula is C25H29N3O4. The minimum Gasteiger partial charge on any atom is -0.508 e. The number of carbonyl (C=O) groups is 1. The summed E-state index contributed by atoms with van der Waals surface area (Å²) in [5.74, 6) is 0.634.